The predicted molar refractivity (Wildman–Crippen MR) is 123 cm³/mol. The standard InChI is InChI=1S/C28H31BO2/c1-25(2)26(3,4)31-29(30-25)18-9-10-20-19-7-5-6-8-21(19)28(22(20)14-18)23-12-16-11-17-13-24(28)27(17,23)15-16/h5-10,14,16-17,23-24H,11-13,15H2,1-4H3. The van der Waals surface area contributed by atoms with Crippen LogP contribution in [0.3, 0.4) is 0 Å². The molecule has 1 heterocycles. The van der Waals surface area contributed by atoms with Gasteiger partial charge in [-0.05, 0) is 110 Å². The van der Waals surface area contributed by atoms with Crippen LogP contribution in [0.4, 0.5) is 0 Å². The van der Waals surface area contributed by atoms with Crippen LogP contribution in [0.1, 0.15) is 64.5 Å². The first-order valence-electron chi connectivity index (χ1n) is 12.4. The Labute approximate surface area is 185 Å². The topological polar surface area (TPSA) is 18.5 Å². The van der Waals surface area contributed by atoms with Gasteiger partial charge in [-0.3, -0.25) is 0 Å². The normalized spacial score (nSPS) is 43.4. The molecule has 0 aromatic heterocycles. The Morgan fingerprint density at radius 1 is 0.806 bits per heavy atom. The van der Waals surface area contributed by atoms with Crippen molar-refractivity contribution in [1.82, 2.24) is 0 Å². The van der Waals surface area contributed by atoms with Crippen LogP contribution in [0.15, 0.2) is 42.5 Å². The molecule has 4 saturated carbocycles. The second-order valence-corrected chi connectivity index (χ2v) is 12.5. The van der Waals surface area contributed by atoms with Crippen molar-refractivity contribution in [2.75, 3.05) is 0 Å². The minimum Gasteiger partial charge on any atom is -0.399 e. The van der Waals surface area contributed by atoms with E-state index in [9.17, 15) is 0 Å². The Balaban J connectivity index is 1.30. The maximum absolute atomic E-state index is 6.46. The summed E-state index contributed by atoms with van der Waals surface area (Å²) in [6.45, 7) is 8.60. The van der Waals surface area contributed by atoms with E-state index in [0.29, 0.717) is 5.41 Å². The summed E-state index contributed by atoms with van der Waals surface area (Å²) in [5.41, 5.74) is 7.69. The van der Waals surface area contributed by atoms with Crippen LogP contribution in [0.5, 0.6) is 0 Å². The molecule has 1 aliphatic heterocycles. The highest BCUT2D eigenvalue weighted by Gasteiger charge is 2.84. The third kappa shape index (κ3) is 1.69. The lowest BCUT2D eigenvalue weighted by Crippen LogP contribution is -2.73. The molecule has 8 rings (SSSR count). The predicted octanol–water partition coefficient (Wildman–Crippen LogP) is 5.32. The first-order valence-corrected chi connectivity index (χ1v) is 12.4. The highest BCUT2D eigenvalue weighted by Crippen LogP contribution is 2.89. The van der Waals surface area contributed by atoms with E-state index in [1.807, 2.05) is 0 Å². The zero-order valence-corrected chi connectivity index (χ0v) is 19.1. The third-order valence-electron chi connectivity index (χ3n) is 11.2. The SMILES string of the molecule is CC1(C)OB(c2ccc3c(c2)C2(c4ccccc4-3)C3CC4CC5CC2C53C4)OC1(C)C. The second-order valence-electron chi connectivity index (χ2n) is 12.5. The quantitative estimate of drug-likeness (QED) is 0.593. The van der Waals surface area contributed by atoms with E-state index < -0.39 is 0 Å². The van der Waals surface area contributed by atoms with Crippen molar-refractivity contribution >= 4 is 12.6 Å². The molecule has 0 radical (unpaired) electrons. The smallest absolute Gasteiger partial charge is 0.399 e. The fourth-order valence-corrected chi connectivity index (χ4v) is 9.47. The summed E-state index contributed by atoms with van der Waals surface area (Å²) in [7, 11) is -0.278. The summed E-state index contributed by atoms with van der Waals surface area (Å²) in [5.74, 6) is 3.70. The molecule has 0 N–H and O–H groups in total. The zero-order valence-electron chi connectivity index (χ0n) is 19.1. The molecular weight excluding hydrogens is 379 g/mol. The van der Waals surface area contributed by atoms with Crippen LogP contribution in [-0.4, -0.2) is 18.3 Å². The van der Waals surface area contributed by atoms with E-state index in [1.165, 1.54) is 42.3 Å². The van der Waals surface area contributed by atoms with Crippen molar-refractivity contribution in [2.45, 2.75) is 70.0 Å². The van der Waals surface area contributed by atoms with Gasteiger partial charge in [-0.25, -0.2) is 0 Å². The van der Waals surface area contributed by atoms with Gasteiger partial charge >= 0.3 is 7.12 Å². The van der Waals surface area contributed by atoms with E-state index in [4.69, 9.17) is 9.31 Å². The molecule has 2 spiro atoms. The molecule has 1 saturated heterocycles. The lowest BCUT2D eigenvalue weighted by Gasteiger charge is -2.76. The van der Waals surface area contributed by atoms with E-state index in [-0.39, 0.29) is 23.7 Å². The molecule has 0 amide bonds. The minimum absolute atomic E-state index is 0.247. The molecule has 158 valence electrons. The maximum atomic E-state index is 6.46. The summed E-state index contributed by atoms with van der Waals surface area (Å²) in [6, 6.07) is 16.4. The molecule has 2 bridgehead atoms. The van der Waals surface area contributed by atoms with Crippen LogP contribution < -0.4 is 5.46 Å². The molecule has 2 aromatic carbocycles. The fraction of sp³-hybridized carbons (Fsp3) is 0.571. The summed E-state index contributed by atoms with van der Waals surface area (Å²) >= 11 is 0. The Hall–Kier alpha value is -1.58. The van der Waals surface area contributed by atoms with Crippen molar-refractivity contribution in [3.8, 4) is 11.1 Å². The molecule has 3 heteroatoms. The second kappa shape index (κ2) is 4.99. The lowest BCUT2D eigenvalue weighted by atomic mass is 9.27. The van der Waals surface area contributed by atoms with Gasteiger partial charge in [0.05, 0.1) is 11.2 Å². The molecule has 31 heavy (non-hydrogen) atoms. The molecule has 2 aromatic rings. The average Bonchev–Trinajstić information content (AvgIpc) is 3.39. The van der Waals surface area contributed by atoms with Gasteiger partial charge in [-0.2, -0.15) is 0 Å². The average molecular weight is 410 g/mol. The molecule has 6 aliphatic rings. The van der Waals surface area contributed by atoms with E-state index in [1.54, 1.807) is 11.1 Å². The first-order chi connectivity index (χ1) is 14.8. The van der Waals surface area contributed by atoms with Gasteiger partial charge in [0.15, 0.2) is 0 Å². The van der Waals surface area contributed by atoms with Crippen molar-refractivity contribution < 1.29 is 9.31 Å². The van der Waals surface area contributed by atoms with E-state index >= 15 is 0 Å². The summed E-state index contributed by atoms with van der Waals surface area (Å²) in [6.07, 6.45) is 5.93. The molecule has 2 nitrogen and oxygen atoms in total. The number of rotatable bonds is 1. The highest BCUT2D eigenvalue weighted by molar-refractivity contribution is 6.62. The number of fused-ring (bicyclic) bond motifs is 8. The number of hydrogen-bond acceptors (Lipinski definition) is 2. The summed E-state index contributed by atoms with van der Waals surface area (Å²) in [5, 5.41) is 0. The van der Waals surface area contributed by atoms with Gasteiger partial charge in [-0.15, -0.1) is 0 Å². The Kier molecular flexibility index (Phi) is 2.89. The Bertz CT molecular complexity index is 1150. The number of hydrogen-bond donors (Lipinski definition) is 0. The van der Waals surface area contributed by atoms with Gasteiger partial charge in [-0.1, -0.05) is 42.5 Å². The molecular formula is C28H31BO2. The van der Waals surface area contributed by atoms with Crippen LogP contribution in [-0.2, 0) is 14.7 Å². The Morgan fingerprint density at radius 2 is 1.52 bits per heavy atom. The van der Waals surface area contributed by atoms with Crippen molar-refractivity contribution in [3.05, 3.63) is 53.6 Å². The van der Waals surface area contributed by atoms with E-state index in [2.05, 4.69) is 70.2 Å². The monoisotopic (exact) mass is 410 g/mol. The van der Waals surface area contributed by atoms with E-state index in [0.717, 1.165) is 23.7 Å². The molecule has 6 atom stereocenters. The van der Waals surface area contributed by atoms with Gasteiger partial charge < -0.3 is 9.31 Å². The largest absolute Gasteiger partial charge is 0.494 e. The highest BCUT2D eigenvalue weighted by atomic mass is 16.7. The number of benzene rings is 2. The van der Waals surface area contributed by atoms with Gasteiger partial charge in [0.1, 0.15) is 0 Å². The lowest BCUT2D eigenvalue weighted by molar-refractivity contribution is -0.231. The van der Waals surface area contributed by atoms with Crippen molar-refractivity contribution in [3.63, 3.8) is 0 Å². The molecule has 6 unspecified atom stereocenters. The summed E-state index contributed by atoms with van der Waals surface area (Å²) < 4.78 is 12.9. The minimum atomic E-state index is -0.302. The van der Waals surface area contributed by atoms with Gasteiger partial charge in [0.25, 0.3) is 0 Å². The first kappa shape index (κ1) is 17.9. The van der Waals surface area contributed by atoms with Crippen LogP contribution in [0.2, 0.25) is 0 Å². The summed E-state index contributed by atoms with van der Waals surface area (Å²) in [4.78, 5) is 0. The van der Waals surface area contributed by atoms with Crippen LogP contribution in [0, 0.1) is 29.1 Å². The third-order valence-corrected chi connectivity index (χ3v) is 11.2. The van der Waals surface area contributed by atoms with Crippen molar-refractivity contribution in [1.29, 1.82) is 0 Å². The molecule has 5 fully saturated rings. The van der Waals surface area contributed by atoms with Gasteiger partial charge in [0, 0.05) is 5.41 Å². The van der Waals surface area contributed by atoms with Gasteiger partial charge in [0.2, 0.25) is 0 Å². The maximum Gasteiger partial charge on any atom is 0.494 e. The zero-order chi connectivity index (χ0) is 21.0. The van der Waals surface area contributed by atoms with Crippen LogP contribution in [0.25, 0.3) is 11.1 Å². The fourth-order valence-electron chi connectivity index (χ4n) is 9.47. The Morgan fingerprint density at radius 3 is 2.29 bits per heavy atom. The van der Waals surface area contributed by atoms with Crippen molar-refractivity contribution in [2.24, 2.45) is 29.1 Å². The molecule has 5 aliphatic carbocycles. The van der Waals surface area contributed by atoms with Crippen LogP contribution >= 0.6 is 0 Å².